The monoisotopic (exact) mass is 320 g/mol. The molecule has 0 aliphatic rings. The van der Waals surface area contributed by atoms with E-state index in [1.54, 1.807) is 6.08 Å². The minimum atomic E-state index is -0.520. The summed E-state index contributed by atoms with van der Waals surface area (Å²) in [5.74, 6) is -0.406. The van der Waals surface area contributed by atoms with Crippen molar-refractivity contribution in [2.75, 3.05) is 0 Å². The van der Waals surface area contributed by atoms with Crippen LogP contribution in [0.3, 0.4) is 0 Å². The zero-order valence-electron chi connectivity index (χ0n) is 11.8. The van der Waals surface area contributed by atoms with Gasteiger partial charge >= 0.3 is 5.97 Å². The fourth-order valence-electron chi connectivity index (χ4n) is 1.61. The summed E-state index contributed by atoms with van der Waals surface area (Å²) in [4.78, 5) is 16.6. The topological polar surface area (TPSA) is 63.0 Å². The van der Waals surface area contributed by atoms with Crippen LogP contribution in [0.2, 0.25) is 5.02 Å². The Labute approximate surface area is 131 Å². The van der Waals surface area contributed by atoms with Gasteiger partial charge in [0.15, 0.2) is 0 Å². The number of carbonyl (C=O) groups excluding carboxylic acids is 1. The first kappa shape index (κ1) is 15.5. The SMILES string of the molecule is CC(C)(C)OC(=O)/C=C/c1cc2ncc(C#N)c(Cl)c2s1. The molecule has 0 spiro atoms. The standard InChI is InChI=1S/C15H13ClN2O2S/c1-15(2,3)20-12(19)5-4-10-6-11-14(21-10)13(16)9(7-17)8-18-11/h4-6,8H,1-3H3/b5-4+. The Balaban J connectivity index is 2.27. The molecule has 0 aliphatic carbocycles. The number of ether oxygens (including phenoxy) is 1. The molecule has 0 amide bonds. The Morgan fingerprint density at radius 2 is 2.24 bits per heavy atom. The fourth-order valence-corrected chi connectivity index (χ4v) is 2.87. The van der Waals surface area contributed by atoms with Gasteiger partial charge in [0.2, 0.25) is 0 Å². The number of aromatic nitrogens is 1. The molecule has 0 saturated heterocycles. The Hall–Kier alpha value is -1.90. The molecule has 0 unspecified atom stereocenters. The largest absolute Gasteiger partial charge is 0.457 e. The van der Waals surface area contributed by atoms with Crippen molar-refractivity contribution in [3.05, 3.63) is 33.8 Å². The molecule has 4 nitrogen and oxygen atoms in total. The molecule has 0 aromatic carbocycles. The second kappa shape index (κ2) is 5.84. The normalized spacial score (nSPS) is 11.8. The van der Waals surface area contributed by atoms with Gasteiger partial charge in [-0.3, -0.25) is 4.98 Å². The van der Waals surface area contributed by atoms with E-state index in [1.807, 2.05) is 32.9 Å². The highest BCUT2D eigenvalue weighted by atomic mass is 35.5. The zero-order valence-corrected chi connectivity index (χ0v) is 13.4. The predicted octanol–water partition coefficient (Wildman–Crippen LogP) is 4.18. The smallest absolute Gasteiger partial charge is 0.331 e. The van der Waals surface area contributed by atoms with Crippen LogP contribution in [-0.4, -0.2) is 16.6 Å². The Morgan fingerprint density at radius 1 is 1.52 bits per heavy atom. The van der Waals surface area contributed by atoms with E-state index in [0.29, 0.717) is 16.1 Å². The first-order chi connectivity index (χ1) is 9.80. The van der Waals surface area contributed by atoms with E-state index < -0.39 is 11.6 Å². The van der Waals surface area contributed by atoms with E-state index in [0.717, 1.165) is 9.58 Å². The summed E-state index contributed by atoms with van der Waals surface area (Å²) in [5.41, 5.74) is 0.523. The first-order valence-electron chi connectivity index (χ1n) is 6.19. The molecule has 2 heterocycles. The Bertz CT molecular complexity index is 766. The summed E-state index contributed by atoms with van der Waals surface area (Å²) >= 11 is 7.51. The highest BCUT2D eigenvalue weighted by molar-refractivity contribution is 7.20. The lowest BCUT2D eigenvalue weighted by Crippen LogP contribution is -2.22. The molecule has 2 rings (SSSR count). The number of thiophene rings is 1. The lowest BCUT2D eigenvalue weighted by atomic mass is 10.2. The van der Waals surface area contributed by atoms with E-state index in [9.17, 15) is 4.79 Å². The van der Waals surface area contributed by atoms with E-state index in [-0.39, 0.29) is 0 Å². The predicted molar refractivity (Wildman–Crippen MR) is 84.2 cm³/mol. The van der Waals surface area contributed by atoms with Crippen molar-refractivity contribution >= 4 is 45.2 Å². The van der Waals surface area contributed by atoms with Crippen molar-refractivity contribution in [1.29, 1.82) is 5.26 Å². The van der Waals surface area contributed by atoms with Crippen LogP contribution in [0.4, 0.5) is 0 Å². The van der Waals surface area contributed by atoms with Gasteiger partial charge in [0.05, 0.1) is 20.8 Å². The fraction of sp³-hybridized carbons (Fsp3) is 0.267. The third-order valence-electron chi connectivity index (χ3n) is 2.41. The maximum atomic E-state index is 11.6. The quantitative estimate of drug-likeness (QED) is 0.615. The molecule has 21 heavy (non-hydrogen) atoms. The number of rotatable bonds is 2. The molecule has 2 aromatic rings. The van der Waals surface area contributed by atoms with E-state index in [1.165, 1.54) is 23.6 Å². The maximum Gasteiger partial charge on any atom is 0.331 e. The van der Waals surface area contributed by atoms with Crippen LogP contribution in [0.15, 0.2) is 18.3 Å². The number of carbonyl (C=O) groups is 1. The molecule has 2 aromatic heterocycles. The number of fused-ring (bicyclic) bond motifs is 1. The molecule has 0 N–H and O–H groups in total. The number of hydrogen-bond donors (Lipinski definition) is 0. The van der Waals surface area contributed by atoms with E-state index in [4.69, 9.17) is 21.6 Å². The van der Waals surface area contributed by atoms with Crippen molar-refractivity contribution in [3.8, 4) is 6.07 Å². The van der Waals surface area contributed by atoms with Crippen LogP contribution >= 0.6 is 22.9 Å². The lowest BCUT2D eigenvalue weighted by molar-refractivity contribution is -0.148. The third kappa shape index (κ3) is 3.81. The van der Waals surface area contributed by atoms with Crippen molar-refractivity contribution in [1.82, 2.24) is 4.98 Å². The van der Waals surface area contributed by atoms with Gasteiger partial charge < -0.3 is 4.74 Å². The van der Waals surface area contributed by atoms with Crippen molar-refractivity contribution in [2.24, 2.45) is 0 Å². The average molecular weight is 321 g/mol. The van der Waals surface area contributed by atoms with Crippen LogP contribution < -0.4 is 0 Å². The van der Waals surface area contributed by atoms with Crippen LogP contribution in [0.25, 0.3) is 16.3 Å². The van der Waals surface area contributed by atoms with Gasteiger partial charge in [0, 0.05) is 17.2 Å². The average Bonchev–Trinajstić information content (AvgIpc) is 2.79. The summed E-state index contributed by atoms with van der Waals surface area (Å²) in [6, 6.07) is 3.81. The summed E-state index contributed by atoms with van der Waals surface area (Å²) in [5, 5.41) is 9.32. The molecule has 0 saturated carbocycles. The number of esters is 1. The van der Waals surface area contributed by atoms with Gasteiger partial charge in [-0.05, 0) is 32.9 Å². The van der Waals surface area contributed by atoms with Crippen LogP contribution in [0, 0.1) is 11.3 Å². The Kier molecular flexibility index (Phi) is 4.31. The van der Waals surface area contributed by atoms with Crippen LogP contribution in [-0.2, 0) is 9.53 Å². The molecular formula is C15H13ClN2O2S. The molecule has 6 heteroatoms. The highest BCUT2D eigenvalue weighted by Gasteiger charge is 2.14. The first-order valence-corrected chi connectivity index (χ1v) is 7.39. The second-order valence-corrected chi connectivity index (χ2v) is 6.79. The molecule has 0 atom stereocenters. The summed E-state index contributed by atoms with van der Waals surface area (Å²) in [7, 11) is 0. The minimum Gasteiger partial charge on any atom is -0.457 e. The molecule has 0 aliphatic heterocycles. The van der Waals surface area contributed by atoms with Crippen LogP contribution in [0.5, 0.6) is 0 Å². The molecule has 0 radical (unpaired) electrons. The third-order valence-corrected chi connectivity index (χ3v) is 4.02. The van der Waals surface area contributed by atoms with Gasteiger partial charge in [-0.1, -0.05) is 11.6 Å². The van der Waals surface area contributed by atoms with Crippen molar-refractivity contribution in [2.45, 2.75) is 26.4 Å². The zero-order chi connectivity index (χ0) is 15.6. The highest BCUT2D eigenvalue weighted by Crippen LogP contribution is 2.33. The number of pyridine rings is 1. The minimum absolute atomic E-state index is 0.341. The second-order valence-electron chi connectivity index (χ2n) is 5.33. The number of nitriles is 1. The number of halogens is 1. The number of hydrogen-bond acceptors (Lipinski definition) is 5. The molecule has 0 bridgehead atoms. The van der Waals surface area contributed by atoms with Gasteiger partial charge in [-0.15, -0.1) is 11.3 Å². The molecule has 0 fully saturated rings. The van der Waals surface area contributed by atoms with Gasteiger partial charge in [-0.2, -0.15) is 5.26 Å². The van der Waals surface area contributed by atoms with Gasteiger partial charge in [0.25, 0.3) is 0 Å². The lowest BCUT2D eigenvalue weighted by Gasteiger charge is -2.17. The van der Waals surface area contributed by atoms with Crippen molar-refractivity contribution in [3.63, 3.8) is 0 Å². The van der Waals surface area contributed by atoms with E-state index >= 15 is 0 Å². The van der Waals surface area contributed by atoms with E-state index in [2.05, 4.69) is 4.98 Å². The summed E-state index contributed by atoms with van der Waals surface area (Å²) < 4.78 is 5.92. The molecule has 108 valence electrons. The van der Waals surface area contributed by atoms with Gasteiger partial charge in [0.1, 0.15) is 11.7 Å². The summed E-state index contributed by atoms with van der Waals surface area (Å²) in [6.07, 6.45) is 4.47. The summed E-state index contributed by atoms with van der Waals surface area (Å²) in [6.45, 7) is 5.43. The van der Waals surface area contributed by atoms with Crippen molar-refractivity contribution < 1.29 is 9.53 Å². The maximum absolute atomic E-state index is 11.6. The number of nitrogens with zero attached hydrogens (tertiary/aromatic N) is 2. The van der Waals surface area contributed by atoms with Crippen LogP contribution in [0.1, 0.15) is 31.2 Å². The molecular weight excluding hydrogens is 308 g/mol. The Morgan fingerprint density at radius 3 is 2.86 bits per heavy atom. The van der Waals surface area contributed by atoms with Gasteiger partial charge in [-0.25, -0.2) is 4.79 Å².